The number of amides is 1. The second kappa shape index (κ2) is 13.9. The Balaban J connectivity index is 1.64. The van der Waals surface area contributed by atoms with Crippen molar-refractivity contribution >= 4 is 69.5 Å². The molecule has 1 saturated heterocycles. The number of methoxy groups -OCH3 is 1. The minimum Gasteiger partial charge on any atom is -0.490 e. The molecular weight excluding hydrogens is 541 g/mol. The van der Waals surface area contributed by atoms with Gasteiger partial charge in [-0.3, -0.25) is 14.5 Å². The Labute approximate surface area is 230 Å². The van der Waals surface area contributed by atoms with E-state index in [1.807, 2.05) is 31.2 Å². The molecule has 192 valence electrons. The van der Waals surface area contributed by atoms with Gasteiger partial charge in [-0.2, -0.15) is 0 Å². The van der Waals surface area contributed by atoms with Crippen molar-refractivity contribution in [1.82, 2.24) is 4.90 Å². The summed E-state index contributed by atoms with van der Waals surface area (Å²) < 4.78 is 16.9. The van der Waals surface area contributed by atoms with E-state index in [-0.39, 0.29) is 18.5 Å². The molecule has 1 heterocycles. The fourth-order valence-electron chi connectivity index (χ4n) is 3.46. The summed E-state index contributed by atoms with van der Waals surface area (Å²) in [5.74, 6) is 0.797. The zero-order valence-electron chi connectivity index (χ0n) is 20.1. The van der Waals surface area contributed by atoms with Gasteiger partial charge in [0.25, 0.3) is 5.91 Å². The summed E-state index contributed by atoms with van der Waals surface area (Å²) in [6.07, 6.45) is 4.47. The van der Waals surface area contributed by atoms with Crippen LogP contribution in [-0.4, -0.2) is 41.4 Å². The van der Waals surface area contributed by atoms with E-state index in [1.165, 1.54) is 18.9 Å². The number of carbonyl (C=O) groups is 2. The summed E-state index contributed by atoms with van der Waals surface area (Å²) in [5, 5.41) is 1.09. The summed E-state index contributed by atoms with van der Waals surface area (Å²) in [7, 11) is 1.38. The highest BCUT2D eigenvalue weighted by Crippen LogP contribution is 2.35. The summed E-state index contributed by atoms with van der Waals surface area (Å²) in [6.45, 7) is 3.13. The van der Waals surface area contributed by atoms with E-state index in [0.717, 1.165) is 30.4 Å². The van der Waals surface area contributed by atoms with Crippen molar-refractivity contribution in [2.45, 2.75) is 39.2 Å². The molecule has 6 nitrogen and oxygen atoms in total. The van der Waals surface area contributed by atoms with Crippen LogP contribution >= 0.6 is 47.2 Å². The summed E-state index contributed by atoms with van der Waals surface area (Å²) in [4.78, 5) is 26.3. The van der Waals surface area contributed by atoms with Crippen molar-refractivity contribution in [2.24, 2.45) is 0 Å². The number of hydrogen-bond donors (Lipinski definition) is 0. The zero-order valence-corrected chi connectivity index (χ0v) is 23.2. The molecule has 0 unspecified atom stereocenters. The molecule has 2 aromatic rings. The summed E-state index contributed by atoms with van der Waals surface area (Å²) in [6, 6.07) is 10.8. The second-order valence-electron chi connectivity index (χ2n) is 7.88. The largest absolute Gasteiger partial charge is 0.490 e. The van der Waals surface area contributed by atoms with Gasteiger partial charge in [-0.15, -0.1) is 0 Å². The highest BCUT2D eigenvalue weighted by molar-refractivity contribution is 8.26. The smallest absolute Gasteiger partial charge is 0.305 e. The standard InChI is InChI=1S/C26H27Cl2NO5S2/c1-3-33-22-13-17(8-11-21(22)34-16-18-9-10-19(27)15-20(18)28)14-23-25(31)29(26(35)36-23)12-6-4-5-7-24(30)32-2/h8-11,13-15H,3-7,12,16H2,1-2H3/b23-14-. The molecule has 0 atom stereocenters. The van der Waals surface area contributed by atoms with Crippen molar-refractivity contribution in [2.75, 3.05) is 20.3 Å². The minimum absolute atomic E-state index is 0.117. The third kappa shape index (κ3) is 7.87. The lowest BCUT2D eigenvalue weighted by Crippen LogP contribution is -2.29. The van der Waals surface area contributed by atoms with Gasteiger partial charge in [0.15, 0.2) is 11.5 Å². The van der Waals surface area contributed by atoms with E-state index >= 15 is 0 Å². The Bertz CT molecular complexity index is 1160. The molecular formula is C26H27Cl2NO5S2. The predicted molar refractivity (Wildman–Crippen MR) is 149 cm³/mol. The molecule has 10 heteroatoms. The van der Waals surface area contributed by atoms with Crippen molar-refractivity contribution in [3.8, 4) is 11.5 Å². The van der Waals surface area contributed by atoms with Crippen molar-refractivity contribution < 1.29 is 23.8 Å². The molecule has 0 spiro atoms. The van der Waals surface area contributed by atoms with Crippen LogP contribution in [0, 0.1) is 0 Å². The van der Waals surface area contributed by atoms with Gasteiger partial charge in [0, 0.05) is 28.6 Å². The van der Waals surface area contributed by atoms with Crippen molar-refractivity contribution in [3.63, 3.8) is 0 Å². The summed E-state index contributed by atoms with van der Waals surface area (Å²) in [5.41, 5.74) is 1.61. The molecule has 0 saturated carbocycles. The average molecular weight is 569 g/mol. The lowest BCUT2D eigenvalue weighted by Gasteiger charge is -2.14. The van der Waals surface area contributed by atoms with E-state index in [4.69, 9.17) is 44.9 Å². The number of carbonyl (C=O) groups excluding carboxylic acids is 2. The summed E-state index contributed by atoms with van der Waals surface area (Å²) >= 11 is 18.9. The number of thioether (sulfide) groups is 1. The van der Waals surface area contributed by atoms with E-state index in [9.17, 15) is 9.59 Å². The fraction of sp³-hybridized carbons (Fsp3) is 0.346. The van der Waals surface area contributed by atoms with Gasteiger partial charge >= 0.3 is 5.97 Å². The van der Waals surface area contributed by atoms with Crippen LogP contribution in [-0.2, 0) is 20.9 Å². The van der Waals surface area contributed by atoms with Crippen LogP contribution in [0.3, 0.4) is 0 Å². The molecule has 2 aromatic carbocycles. The first kappa shape index (κ1) is 28.3. The van der Waals surface area contributed by atoms with Crippen LogP contribution in [0.15, 0.2) is 41.3 Å². The molecule has 1 aliphatic heterocycles. The topological polar surface area (TPSA) is 65.1 Å². The van der Waals surface area contributed by atoms with Crippen LogP contribution in [0.25, 0.3) is 6.08 Å². The lowest BCUT2D eigenvalue weighted by atomic mass is 10.1. The maximum Gasteiger partial charge on any atom is 0.305 e. The molecule has 1 aliphatic rings. The Morgan fingerprint density at radius 1 is 1.08 bits per heavy atom. The van der Waals surface area contributed by atoms with E-state index in [2.05, 4.69) is 4.74 Å². The number of nitrogens with zero attached hydrogens (tertiary/aromatic N) is 1. The number of hydrogen-bond acceptors (Lipinski definition) is 7. The van der Waals surface area contributed by atoms with Gasteiger partial charge < -0.3 is 14.2 Å². The number of ether oxygens (including phenoxy) is 3. The first-order valence-electron chi connectivity index (χ1n) is 11.5. The quantitative estimate of drug-likeness (QED) is 0.119. The molecule has 1 fully saturated rings. The van der Waals surface area contributed by atoms with Gasteiger partial charge in [-0.25, -0.2) is 0 Å². The van der Waals surface area contributed by atoms with Gasteiger partial charge in [0.05, 0.1) is 18.6 Å². The number of halogens is 2. The Morgan fingerprint density at radius 2 is 1.89 bits per heavy atom. The van der Waals surface area contributed by atoms with E-state index < -0.39 is 0 Å². The van der Waals surface area contributed by atoms with Crippen molar-refractivity contribution in [3.05, 3.63) is 62.5 Å². The molecule has 0 bridgehead atoms. The Hall–Kier alpha value is -2.26. The first-order valence-corrected chi connectivity index (χ1v) is 13.5. The zero-order chi connectivity index (χ0) is 26.1. The van der Waals surface area contributed by atoms with Gasteiger partial charge in [-0.1, -0.05) is 65.7 Å². The number of benzene rings is 2. The van der Waals surface area contributed by atoms with Crippen LogP contribution in [0.2, 0.25) is 10.0 Å². The third-order valence-electron chi connectivity index (χ3n) is 5.33. The lowest BCUT2D eigenvalue weighted by molar-refractivity contribution is -0.140. The fourth-order valence-corrected chi connectivity index (χ4v) is 5.23. The van der Waals surface area contributed by atoms with Crippen molar-refractivity contribution in [1.29, 1.82) is 0 Å². The van der Waals surface area contributed by atoms with Gasteiger partial charge in [0.2, 0.25) is 0 Å². The number of thiocarbonyl (C=S) groups is 1. The Kier molecular flexibility index (Phi) is 10.9. The molecule has 36 heavy (non-hydrogen) atoms. The Morgan fingerprint density at radius 3 is 2.61 bits per heavy atom. The first-order chi connectivity index (χ1) is 17.3. The predicted octanol–water partition coefficient (Wildman–Crippen LogP) is 6.91. The highest BCUT2D eigenvalue weighted by Gasteiger charge is 2.31. The highest BCUT2D eigenvalue weighted by atomic mass is 35.5. The molecule has 0 radical (unpaired) electrons. The minimum atomic E-state index is -0.222. The molecule has 0 aromatic heterocycles. The average Bonchev–Trinajstić information content (AvgIpc) is 3.11. The third-order valence-corrected chi connectivity index (χ3v) is 7.29. The maximum atomic E-state index is 12.9. The van der Waals surface area contributed by atoms with Crippen LogP contribution in [0.4, 0.5) is 0 Å². The number of esters is 1. The van der Waals surface area contributed by atoms with Gasteiger partial charge in [-0.05, 0) is 55.7 Å². The van der Waals surface area contributed by atoms with E-state index in [1.54, 1.807) is 23.1 Å². The van der Waals surface area contributed by atoms with E-state index in [0.29, 0.717) is 50.3 Å². The number of rotatable bonds is 12. The monoisotopic (exact) mass is 567 g/mol. The number of unbranched alkanes of at least 4 members (excludes halogenated alkanes) is 2. The second-order valence-corrected chi connectivity index (χ2v) is 10.4. The van der Waals surface area contributed by atoms with Crippen LogP contribution in [0.5, 0.6) is 11.5 Å². The molecule has 0 N–H and O–H groups in total. The van der Waals surface area contributed by atoms with Crippen LogP contribution in [0.1, 0.15) is 43.7 Å². The molecule has 3 rings (SSSR count). The molecule has 1 amide bonds. The SMILES string of the molecule is CCOc1cc(/C=C2\SC(=S)N(CCCCCC(=O)OC)C2=O)ccc1OCc1ccc(Cl)cc1Cl. The van der Waals surface area contributed by atoms with Crippen LogP contribution < -0.4 is 9.47 Å². The van der Waals surface area contributed by atoms with Gasteiger partial charge in [0.1, 0.15) is 10.9 Å². The normalized spacial score (nSPS) is 14.4. The maximum absolute atomic E-state index is 12.9. The molecule has 0 aliphatic carbocycles.